The number of rotatable bonds is 3. The fourth-order valence-electron chi connectivity index (χ4n) is 2.81. The van der Waals surface area contributed by atoms with Crippen LogP contribution in [0, 0.1) is 5.41 Å². The third-order valence-electron chi connectivity index (χ3n) is 3.50. The topological polar surface area (TPSA) is 80.0 Å². The van der Waals surface area contributed by atoms with Crippen LogP contribution in [0.3, 0.4) is 0 Å². The van der Waals surface area contributed by atoms with Gasteiger partial charge in [-0.1, -0.05) is 13.8 Å². The van der Waals surface area contributed by atoms with E-state index >= 15 is 0 Å². The second-order valence-electron chi connectivity index (χ2n) is 6.39. The van der Waals surface area contributed by atoms with Gasteiger partial charge in [-0.25, -0.2) is 4.98 Å². The highest BCUT2D eigenvalue weighted by atomic mass is 16.3. The fourth-order valence-corrected chi connectivity index (χ4v) is 2.81. The van der Waals surface area contributed by atoms with Gasteiger partial charge in [0.15, 0.2) is 5.82 Å². The molecule has 0 saturated carbocycles. The molecule has 112 valence electrons. The van der Waals surface area contributed by atoms with Crippen molar-refractivity contribution in [3.63, 3.8) is 0 Å². The van der Waals surface area contributed by atoms with E-state index in [9.17, 15) is 5.11 Å². The summed E-state index contributed by atoms with van der Waals surface area (Å²) in [6.45, 7) is 8.39. The number of aliphatic hydroxyl groups is 1. The molecule has 0 aliphatic carbocycles. The number of nitrogens with zero attached hydrogens (tertiary/aromatic N) is 6. The van der Waals surface area contributed by atoms with Gasteiger partial charge in [-0.3, -0.25) is 9.55 Å². The zero-order valence-corrected chi connectivity index (χ0v) is 12.6. The van der Waals surface area contributed by atoms with Gasteiger partial charge in [-0.05, 0) is 6.92 Å². The molecule has 0 spiro atoms. The summed E-state index contributed by atoms with van der Waals surface area (Å²) in [6.07, 6.45) is 4.57. The van der Waals surface area contributed by atoms with Crippen LogP contribution in [-0.2, 0) is 6.54 Å². The van der Waals surface area contributed by atoms with E-state index in [1.165, 1.54) is 0 Å². The molecule has 1 aliphatic rings. The SMILES string of the molecule is CC(O)CN1CC(C)(C)Cn2c(-c3cnccn3)nnc21. The molecule has 3 heterocycles. The molecule has 2 aromatic heterocycles. The van der Waals surface area contributed by atoms with Gasteiger partial charge < -0.3 is 10.0 Å². The van der Waals surface area contributed by atoms with Crippen LogP contribution in [-0.4, -0.2) is 49.0 Å². The van der Waals surface area contributed by atoms with Gasteiger partial charge >= 0.3 is 0 Å². The van der Waals surface area contributed by atoms with Gasteiger partial charge in [0.25, 0.3) is 0 Å². The first kappa shape index (κ1) is 13.9. The first-order valence-corrected chi connectivity index (χ1v) is 7.09. The summed E-state index contributed by atoms with van der Waals surface area (Å²) in [4.78, 5) is 10.5. The Labute approximate surface area is 123 Å². The fraction of sp³-hybridized carbons (Fsp3) is 0.571. The van der Waals surface area contributed by atoms with Crippen molar-refractivity contribution >= 4 is 5.95 Å². The zero-order valence-electron chi connectivity index (χ0n) is 12.6. The Morgan fingerprint density at radius 1 is 1.29 bits per heavy atom. The first-order chi connectivity index (χ1) is 9.96. The Morgan fingerprint density at radius 3 is 2.76 bits per heavy atom. The van der Waals surface area contributed by atoms with Gasteiger partial charge in [-0.15, -0.1) is 10.2 Å². The largest absolute Gasteiger partial charge is 0.392 e. The van der Waals surface area contributed by atoms with Crippen LogP contribution in [0.5, 0.6) is 0 Å². The van der Waals surface area contributed by atoms with Crippen LogP contribution < -0.4 is 4.90 Å². The summed E-state index contributed by atoms with van der Waals surface area (Å²) in [5, 5.41) is 18.3. The lowest BCUT2D eigenvalue weighted by Crippen LogP contribution is -2.46. The van der Waals surface area contributed by atoms with Crippen LogP contribution in [0.2, 0.25) is 0 Å². The van der Waals surface area contributed by atoms with Crippen molar-refractivity contribution in [2.45, 2.75) is 33.4 Å². The maximum absolute atomic E-state index is 9.70. The Balaban J connectivity index is 2.04. The average molecular weight is 288 g/mol. The minimum atomic E-state index is -0.413. The molecule has 0 radical (unpaired) electrons. The summed E-state index contributed by atoms with van der Waals surface area (Å²) in [6, 6.07) is 0. The highest BCUT2D eigenvalue weighted by molar-refractivity contribution is 5.52. The quantitative estimate of drug-likeness (QED) is 0.906. The molecular formula is C14H20N6O. The Bertz CT molecular complexity index is 622. The van der Waals surface area contributed by atoms with Crippen LogP contribution in [0.1, 0.15) is 20.8 Å². The predicted octanol–water partition coefficient (Wildman–Crippen LogP) is 0.962. The molecule has 0 amide bonds. The number of β-amino-alcohol motifs (C(OH)–C–C–N with tert-alkyl or cyclic N) is 1. The number of fused-ring (bicyclic) bond motifs is 1. The Morgan fingerprint density at radius 2 is 2.10 bits per heavy atom. The van der Waals surface area contributed by atoms with Crippen molar-refractivity contribution in [3.8, 4) is 11.5 Å². The first-order valence-electron chi connectivity index (χ1n) is 7.09. The van der Waals surface area contributed by atoms with E-state index in [-0.39, 0.29) is 5.41 Å². The molecule has 21 heavy (non-hydrogen) atoms. The van der Waals surface area contributed by atoms with Crippen LogP contribution in [0.15, 0.2) is 18.6 Å². The van der Waals surface area contributed by atoms with E-state index in [0.717, 1.165) is 24.9 Å². The van der Waals surface area contributed by atoms with Gasteiger partial charge in [0.2, 0.25) is 5.95 Å². The minimum absolute atomic E-state index is 0.0707. The molecule has 1 atom stereocenters. The molecule has 0 bridgehead atoms. The molecule has 1 unspecified atom stereocenters. The third-order valence-corrected chi connectivity index (χ3v) is 3.50. The monoisotopic (exact) mass is 288 g/mol. The molecule has 7 nitrogen and oxygen atoms in total. The highest BCUT2D eigenvalue weighted by Crippen LogP contribution is 2.33. The number of hydrogen-bond acceptors (Lipinski definition) is 6. The predicted molar refractivity (Wildman–Crippen MR) is 78.7 cm³/mol. The maximum Gasteiger partial charge on any atom is 0.227 e. The molecule has 1 N–H and O–H groups in total. The lowest BCUT2D eigenvalue weighted by molar-refractivity contribution is 0.187. The average Bonchev–Trinajstić information content (AvgIpc) is 2.81. The molecular weight excluding hydrogens is 268 g/mol. The highest BCUT2D eigenvalue weighted by Gasteiger charge is 2.34. The summed E-state index contributed by atoms with van der Waals surface area (Å²) in [5.41, 5.74) is 0.785. The molecule has 7 heteroatoms. The summed E-state index contributed by atoms with van der Waals surface area (Å²) in [7, 11) is 0. The number of hydrogen-bond donors (Lipinski definition) is 1. The van der Waals surface area contributed by atoms with Crippen LogP contribution >= 0.6 is 0 Å². The zero-order chi connectivity index (χ0) is 15.0. The second kappa shape index (κ2) is 5.07. The van der Waals surface area contributed by atoms with Crippen molar-refractivity contribution in [1.29, 1.82) is 0 Å². The van der Waals surface area contributed by atoms with Crippen molar-refractivity contribution < 1.29 is 5.11 Å². The normalized spacial score (nSPS) is 18.4. The number of anilines is 1. The van der Waals surface area contributed by atoms with Gasteiger partial charge in [0, 0.05) is 37.4 Å². The van der Waals surface area contributed by atoms with E-state index in [0.29, 0.717) is 12.2 Å². The number of aliphatic hydroxyl groups excluding tert-OH is 1. The lowest BCUT2D eigenvalue weighted by Gasteiger charge is -2.39. The van der Waals surface area contributed by atoms with E-state index < -0.39 is 6.10 Å². The maximum atomic E-state index is 9.70. The smallest absolute Gasteiger partial charge is 0.227 e. The minimum Gasteiger partial charge on any atom is -0.392 e. The van der Waals surface area contributed by atoms with Gasteiger partial charge in [0.05, 0.1) is 12.3 Å². The van der Waals surface area contributed by atoms with Gasteiger partial charge in [0.1, 0.15) is 5.69 Å². The summed E-state index contributed by atoms with van der Waals surface area (Å²) >= 11 is 0. The standard InChI is InChI=1S/C14H20N6O/c1-10(21)7-19-8-14(2,3)9-20-12(17-18-13(19)20)11-6-15-4-5-16-11/h4-6,10,21H,7-9H2,1-3H3. The van der Waals surface area contributed by atoms with Crippen LogP contribution in [0.25, 0.3) is 11.5 Å². The Hall–Kier alpha value is -2.02. The Kier molecular flexibility index (Phi) is 3.36. The second-order valence-corrected chi connectivity index (χ2v) is 6.39. The summed E-state index contributed by atoms with van der Waals surface area (Å²) in [5.74, 6) is 1.51. The molecule has 0 aromatic carbocycles. The van der Waals surface area contributed by atoms with Crippen molar-refractivity contribution in [3.05, 3.63) is 18.6 Å². The lowest BCUT2D eigenvalue weighted by atomic mass is 9.91. The molecule has 3 rings (SSSR count). The van der Waals surface area contributed by atoms with E-state index in [1.54, 1.807) is 25.5 Å². The molecule has 1 aliphatic heterocycles. The van der Waals surface area contributed by atoms with E-state index in [4.69, 9.17) is 0 Å². The molecule has 0 saturated heterocycles. The third kappa shape index (κ3) is 2.73. The van der Waals surface area contributed by atoms with E-state index in [2.05, 4.69) is 43.5 Å². The molecule has 2 aromatic rings. The van der Waals surface area contributed by atoms with E-state index in [1.807, 2.05) is 0 Å². The van der Waals surface area contributed by atoms with Crippen LogP contribution in [0.4, 0.5) is 5.95 Å². The van der Waals surface area contributed by atoms with Gasteiger partial charge in [-0.2, -0.15) is 0 Å². The van der Waals surface area contributed by atoms with Crippen molar-refractivity contribution in [2.24, 2.45) is 5.41 Å². The van der Waals surface area contributed by atoms with Crippen molar-refractivity contribution in [1.82, 2.24) is 24.7 Å². The molecule has 0 fully saturated rings. The van der Waals surface area contributed by atoms with Crippen molar-refractivity contribution in [2.75, 3.05) is 18.0 Å². The summed E-state index contributed by atoms with van der Waals surface area (Å²) < 4.78 is 2.07. The number of aromatic nitrogens is 5.